The van der Waals surface area contributed by atoms with Gasteiger partial charge in [0.2, 0.25) is 0 Å². The smallest absolute Gasteiger partial charge is 0.253 e. The molecule has 1 aromatic heterocycles. The first-order valence-corrected chi connectivity index (χ1v) is 11.0. The van der Waals surface area contributed by atoms with Crippen molar-refractivity contribution in [1.82, 2.24) is 15.2 Å². The van der Waals surface area contributed by atoms with E-state index < -0.39 is 0 Å². The number of nitrogens with zero attached hydrogens (tertiary/aromatic N) is 3. The van der Waals surface area contributed by atoms with Crippen LogP contribution in [-0.2, 0) is 6.42 Å². The van der Waals surface area contributed by atoms with Gasteiger partial charge in [0.15, 0.2) is 0 Å². The summed E-state index contributed by atoms with van der Waals surface area (Å²) in [6.45, 7) is 7.52. The summed E-state index contributed by atoms with van der Waals surface area (Å²) in [7, 11) is 1.71. The van der Waals surface area contributed by atoms with E-state index in [0.29, 0.717) is 5.92 Å². The molecule has 2 aliphatic rings. The summed E-state index contributed by atoms with van der Waals surface area (Å²) in [5.41, 5.74) is 4.31. The zero-order chi connectivity index (χ0) is 20.9. The van der Waals surface area contributed by atoms with Gasteiger partial charge >= 0.3 is 0 Å². The number of benzene rings is 1. The van der Waals surface area contributed by atoms with Crippen molar-refractivity contribution in [3.05, 3.63) is 53.3 Å². The van der Waals surface area contributed by atoms with Crippen molar-refractivity contribution in [2.75, 3.05) is 51.3 Å². The Hall–Kier alpha value is -2.60. The van der Waals surface area contributed by atoms with Crippen LogP contribution in [0.3, 0.4) is 0 Å². The maximum atomic E-state index is 13.3. The molecule has 6 nitrogen and oxygen atoms in total. The van der Waals surface area contributed by atoms with Crippen LogP contribution >= 0.6 is 0 Å². The fourth-order valence-electron chi connectivity index (χ4n) is 4.64. The van der Waals surface area contributed by atoms with E-state index in [1.54, 1.807) is 7.11 Å². The predicted molar refractivity (Wildman–Crippen MR) is 119 cm³/mol. The molecule has 0 spiro atoms. The molecule has 30 heavy (non-hydrogen) atoms. The second-order valence-corrected chi connectivity index (χ2v) is 8.38. The van der Waals surface area contributed by atoms with Gasteiger partial charge in [-0.15, -0.1) is 0 Å². The van der Waals surface area contributed by atoms with Crippen molar-refractivity contribution < 1.29 is 9.53 Å². The molecule has 2 aliphatic heterocycles. The van der Waals surface area contributed by atoms with Gasteiger partial charge in [-0.25, -0.2) is 0 Å². The van der Waals surface area contributed by atoms with Gasteiger partial charge in [0, 0.05) is 49.8 Å². The molecule has 3 heterocycles. The van der Waals surface area contributed by atoms with E-state index in [4.69, 9.17) is 4.74 Å². The number of amides is 1. The Balaban J connectivity index is 1.46. The van der Waals surface area contributed by atoms with Crippen molar-refractivity contribution in [2.24, 2.45) is 5.92 Å². The lowest BCUT2D eigenvalue weighted by atomic mass is 9.96. The molecule has 1 atom stereocenters. The number of carbonyl (C=O) groups excluding carboxylic acids is 1. The number of ether oxygens (including phenoxy) is 1. The molecule has 0 saturated carbocycles. The van der Waals surface area contributed by atoms with Crippen LogP contribution in [0, 0.1) is 12.8 Å². The van der Waals surface area contributed by atoms with E-state index in [1.165, 1.54) is 17.7 Å². The Morgan fingerprint density at radius 1 is 1.23 bits per heavy atom. The van der Waals surface area contributed by atoms with Crippen molar-refractivity contribution in [3.8, 4) is 5.75 Å². The second-order valence-electron chi connectivity index (χ2n) is 8.38. The molecule has 2 aromatic rings. The molecule has 1 N–H and O–H groups in total. The van der Waals surface area contributed by atoms with E-state index in [-0.39, 0.29) is 5.91 Å². The van der Waals surface area contributed by atoms with Gasteiger partial charge in [0.05, 0.1) is 7.11 Å². The lowest BCUT2D eigenvalue weighted by Crippen LogP contribution is -2.35. The third-order valence-corrected chi connectivity index (χ3v) is 6.31. The maximum Gasteiger partial charge on any atom is 0.253 e. The highest BCUT2D eigenvalue weighted by molar-refractivity contribution is 5.94. The van der Waals surface area contributed by atoms with Crippen molar-refractivity contribution in [1.29, 1.82) is 0 Å². The molecule has 1 aromatic carbocycles. The van der Waals surface area contributed by atoms with Gasteiger partial charge in [-0.05, 0) is 80.6 Å². The van der Waals surface area contributed by atoms with Gasteiger partial charge in [-0.3, -0.25) is 9.78 Å². The standard InChI is InChI=1S/C24H32N4O2/c1-18-16-25-9-7-22(18)27-10-3-11-28(13-12-27)24(29)20-4-5-23(30-2)21(15-20)14-19-6-8-26-17-19/h4-5,7,9,15-16,19,26H,3,6,8,10-14,17H2,1-2H3. The zero-order valence-electron chi connectivity index (χ0n) is 18.1. The Morgan fingerprint density at radius 3 is 2.90 bits per heavy atom. The highest BCUT2D eigenvalue weighted by Crippen LogP contribution is 2.26. The minimum Gasteiger partial charge on any atom is -0.496 e. The number of pyridine rings is 1. The second kappa shape index (κ2) is 9.47. The fourth-order valence-corrected chi connectivity index (χ4v) is 4.64. The molecular weight excluding hydrogens is 376 g/mol. The number of carbonyl (C=O) groups is 1. The third kappa shape index (κ3) is 4.59. The Kier molecular flexibility index (Phi) is 6.53. The Morgan fingerprint density at radius 2 is 2.13 bits per heavy atom. The highest BCUT2D eigenvalue weighted by Gasteiger charge is 2.23. The summed E-state index contributed by atoms with van der Waals surface area (Å²) in [5.74, 6) is 1.62. The molecule has 2 fully saturated rings. The number of anilines is 1. The number of methoxy groups -OCH3 is 1. The molecule has 0 radical (unpaired) electrons. The Bertz CT molecular complexity index is 879. The lowest BCUT2D eigenvalue weighted by molar-refractivity contribution is 0.0767. The number of aromatic nitrogens is 1. The normalized spacial score (nSPS) is 19.6. The molecule has 1 amide bonds. The highest BCUT2D eigenvalue weighted by atomic mass is 16.5. The minimum atomic E-state index is 0.122. The van der Waals surface area contributed by atoms with Crippen LogP contribution in [0.1, 0.15) is 34.3 Å². The van der Waals surface area contributed by atoms with Crippen molar-refractivity contribution >= 4 is 11.6 Å². The first-order valence-electron chi connectivity index (χ1n) is 11.0. The SMILES string of the molecule is COc1ccc(C(=O)N2CCCN(c3ccncc3C)CC2)cc1CC1CCNC1. The van der Waals surface area contributed by atoms with Crippen LogP contribution in [-0.4, -0.2) is 62.2 Å². The molecule has 6 heteroatoms. The fraction of sp³-hybridized carbons (Fsp3) is 0.500. The first kappa shape index (κ1) is 20.7. The average molecular weight is 409 g/mol. The molecule has 2 saturated heterocycles. The molecule has 160 valence electrons. The molecule has 0 aliphatic carbocycles. The molecule has 0 bridgehead atoms. The summed E-state index contributed by atoms with van der Waals surface area (Å²) in [4.78, 5) is 21.9. The van der Waals surface area contributed by atoms with Gasteiger partial charge < -0.3 is 19.9 Å². The summed E-state index contributed by atoms with van der Waals surface area (Å²) >= 11 is 0. The van der Waals surface area contributed by atoms with Gasteiger partial charge in [0.1, 0.15) is 5.75 Å². The quantitative estimate of drug-likeness (QED) is 0.824. The van der Waals surface area contributed by atoms with Gasteiger partial charge in [-0.1, -0.05) is 0 Å². The summed E-state index contributed by atoms with van der Waals surface area (Å²) < 4.78 is 5.57. The van der Waals surface area contributed by atoms with Crippen LogP contribution in [0.2, 0.25) is 0 Å². The summed E-state index contributed by atoms with van der Waals surface area (Å²) in [6.07, 6.45) is 6.84. The van der Waals surface area contributed by atoms with Gasteiger partial charge in [0.25, 0.3) is 5.91 Å². The number of hydrogen-bond acceptors (Lipinski definition) is 5. The molecule has 1 unspecified atom stereocenters. The number of rotatable bonds is 5. The lowest BCUT2D eigenvalue weighted by Gasteiger charge is -2.25. The van der Waals surface area contributed by atoms with Crippen LogP contribution < -0.4 is 15.0 Å². The van der Waals surface area contributed by atoms with Crippen LogP contribution in [0.5, 0.6) is 5.75 Å². The van der Waals surface area contributed by atoms with Crippen LogP contribution in [0.25, 0.3) is 0 Å². The first-order chi connectivity index (χ1) is 14.7. The topological polar surface area (TPSA) is 57.7 Å². The third-order valence-electron chi connectivity index (χ3n) is 6.31. The zero-order valence-corrected chi connectivity index (χ0v) is 18.1. The monoisotopic (exact) mass is 408 g/mol. The van der Waals surface area contributed by atoms with Crippen LogP contribution in [0.15, 0.2) is 36.7 Å². The number of nitrogens with one attached hydrogen (secondary N) is 1. The van der Waals surface area contributed by atoms with Crippen molar-refractivity contribution in [2.45, 2.75) is 26.2 Å². The van der Waals surface area contributed by atoms with E-state index in [9.17, 15) is 4.79 Å². The maximum absolute atomic E-state index is 13.3. The van der Waals surface area contributed by atoms with E-state index >= 15 is 0 Å². The van der Waals surface area contributed by atoms with E-state index in [0.717, 1.165) is 69.0 Å². The van der Waals surface area contributed by atoms with E-state index in [1.807, 2.05) is 29.4 Å². The predicted octanol–water partition coefficient (Wildman–Crippen LogP) is 2.90. The number of hydrogen-bond donors (Lipinski definition) is 1. The molecule has 4 rings (SSSR count). The summed E-state index contributed by atoms with van der Waals surface area (Å²) in [5, 5.41) is 3.42. The Labute approximate surface area is 179 Å². The molecular formula is C24H32N4O2. The van der Waals surface area contributed by atoms with Gasteiger partial charge in [-0.2, -0.15) is 0 Å². The van der Waals surface area contributed by atoms with E-state index in [2.05, 4.69) is 34.3 Å². The largest absolute Gasteiger partial charge is 0.496 e. The average Bonchev–Trinajstić information content (AvgIpc) is 3.15. The summed E-state index contributed by atoms with van der Waals surface area (Å²) in [6, 6.07) is 7.98. The number of aryl methyl sites for hydroxylation is 1. The van der Waals surface area contributed by atoms with Crippen molar-refractivity contribution in [3.63, 3.8) is 0 Å². The minimum absolute atomic E-state index is 0.122. The van der Waals surface area contributed by atoms with Crippen LogP contribution in [0.4, 0.5) is 5.69 Å².